The molecular formula is C17H22N2O6. The minimum absolute atomic E-state index is 0.429. The summed E-state index contributed by atoms with van der Waals surface area (Å²) < 4.78 is 10.6. The summed E-state index contributed by atoms with van der Waals surface area (Å²) in [6.07, 6.45) is 0. The number of aliphatic carboxylic acids is 2. The van der Waals surface area contributed by atoms with Gasteiger partial charge in [0, 0.05) is 26.2 Å². The van der Waals surface area contributed by atoms with E-state index in [-0.39, 0.29) is 0 Å². The predicted molar refractivity (Wildman–Crippen MR) is 90.8 cm³/mol. The van der Waals surface area contributed by atoms with E-state index in [1.165, 1.54) is 0 Å². The van der Waals surface area contributed by atoms with E-state index in [4.69, 9.17) is 29.3 Å². The molecule has 2 rings (SSSR count). The average Bonchev–Trinajstić information content (AvgIpc) is 2.63. The van der Waals surface area contributed by atoms with Gasteiger partial charge in [0.05, 0.1) is 13.7 Å². The maximum absolute atomic E-state index is 9.10. The van der Waals surface area contributed by atoms with Gasteiger partial charge in [-0.15, -0.1) is 0 Å². The topological polar surface area (TPSA) is 108 Å². The maximum atomic E-state index is 9.10. The van der Waals surface area contributed by atoms with Crippen molar-refractivity contribution in [3.8, 4) is 23.3 Å². The SMILES string of the molecule is COc1ccc(OCC#CCN2CCNCC2)cc1.O=C(O)C(=O)O. The van der Waals surface area contributed by atoms with Crippen molar-refractivity contribution >= 4 is 11.9 Å². The van der Waals surface area contributed by atoms with Crippen molar-refractivity contribution in [2.75, 3.05) is 46.4 Å². The van der Waals surface area contributed by atoms with Crippen molar-refractivity contribution in [2.45, 2.75) is 0 Å². The van der Waals surface area contributed by atoms with Crippen molar-refractivity contribution in [3.63, 3.8) is 0 Å². The number of piperazine rings is 1. The van der Waals surface area contributed by atoms with Crippen molar-refractivity contribution < 1.29 is 29.3 Å². The Labute approximate surface area is 146 Å². The number of ether oxygens (including phenoxy) is 2. The fourth-order valence-corrected chi connectivity index (χ4v) is 1.88. The lowest BCUT2D eigenvalue weighted by Gasteiger charge is -2.24. The summed E-state index contributed by atoms with van der Waals surface area (Å²) in [6.45, 7) is 5.53. The Hall–Kier alpha value is -2.76. The molecule has 0 unspecified atom stereocenters. The van der Waals surface area contributed by atoms with Gasteiger partial charge >= 0.3 is 11.9 Å². The van der Waals surface area contributed by atoms with Gasteiger partial charge in [0.15, 0.2) is 0 Å². The lowest BCUT2D eigenvalue weighted by atomic mass is 10.3. The summed E-state index contributed by atoms with van der Waals surface area (Å²) in [5.41, 5.74) is 0. The average molecular weight is 350 g/mol. The van der Waals surface area contributed by atoms with Gasteiger partial charge in [0.25, 0.3) is 0 Å². The van der Waals surface area contributed by atoms with Crippen LogP contribution in [0.2, 0.25) is 0 Å². The summed E-state index contributed by atoms with van der Waals surface area (Å²) >= 11 is 0. The number of rotatable bonds is 4. The Balaban J connectivity index is 0.000000450. The van der Waals surface area contributed by atoms with Crippen LogP contribution in [0.4, 0.5) is 0 Å². The lowest BCUT2D eigenvalue weighted by molar-refractivity contribution is -0.159. The molecule has 0 radical (unpaired) electrons. The Kier molecular flexibility index (Phi) is 9.51. The fraction of sp³-hybridized carbons (Fsp3) is 0.412. The van der Waals surface area contributed by atoms with Crippen LogP contribution in [0.5, 0.6) is 11.5 Å². The number of hydrogen-bond donors (Lipinski definition) is 3. The molecule has 0 saturated carbocycles. The third-order valence-electron chi connectivity index (χ3n) is 3.19. The highest BCUT2D eigenvalue weighted by Gasteiger charge is 2.06. The van der Waals surface area contributed by atoms with E-state index in [1.54, 1.807) is 7.11 Å². The van der Waals surface area contributed by atoms with E-state index in [0.717, 1.165) is 44.2 Å². The summed E-state index contributed by atoms with van der Waals surface area (Å²) in [4.78, 5) is 20.5. The molecule has 0 bridgehead atoms. The molecule has 3 N–H and O–H groups in total. The monoisotopic (exact) mass is 350 g/mol. The Morgan fingerprint density at radius 1 is 1.08 bits per heavy atom. The maximum Gasteiger partial charge on any atom is 0.414 e. The van der Waals surface area contributed by atoms with Crippen molar-refractivity contribution in [1.29, 1.82) is 0 Å². The van der Waals surface area contributed by atoms with E-state index in [9.17, 15) is 0 Å². The van der Waals surface area contributed by atoms with Gasteiger partial charge in [-0.3, -0.25) is 4.90 Å². The van der Waals surface area contributed by atoms with Crippen LogP contribution in [-0.2, 0) is 9.59 Å². The van der Waals surface area contributed by atoms with E-state index in [2.05, 4.69) is 22.1 Å². The number of benzene rings is 1. The third kappa shape index (κ3) is 9.20. The second-order valence-electron chi connectivity index (χ2n) is 4.95. The summed E-state index contributed by atoms with van der Waals surface area (Å²) in [5.74, 6) is 4.19. The summed E-state index contributed by atoms with van der Waals surface area (Å²) in [5, 5.41) is 18.1. The number of carbonyl (C=O) groups is 2. The van der Waals surface area contributed by atoms with Crippen LogP contribution in [-0.4, -0.2) is 73.5 Å². The normalized spacial score (nSPS) is 13.5. The van der Waals surface area contributed by atoms with Crippen LogP contribution in [0.15, 0.2) is 24.3 Å². The Morgan fingerprint density at radius 3 is 2.16 bits per heavy atom. The van der Waals surface area contributed by atoms with Crippen LogP contribution >= 0.6 is 0 Å². The summed E-state index contributed by atoms with van der Waals surface area (Å²) in [7, 11) is 1.65. The largest absolute Gasteiger partial charge is 0.497 e. The first-order valence-corrected chi connectivity index (χ1v) is 7.64. The van der Waals surface area contributed by atoms with Crippen molar-refractivity contribution in [1.82, 2.24) is 10.2 Å². The third-order valence-corrected chi connectivity index (χ3v) is 3.19. The second-order valence-corrected chi connectivity index (χ2v) is 4.95. The molecule has 0 amide bonds. The molecule has 25 heavy (non-hydrogen) atoms. The highest BCUT2D eigenvalue weighted by molar-refractivity contribution is 6.27. The molecule has 8 heteroatoms. The molecule has 0 atom stereocenters. The number of nitrogens with zero attached hydrogens (tertiary/aromatic N) is 1. The first-order valence-electron chi connectivity index (χ1n) is 7.64. The van der Waals surface area contributed by atoms with Crippen LogP contribution in [0.3, 0.4) is 0 Å². The van der Waals surface area contributed by atoms with Crippen molar-refractivity contribution in [2.24, 2.45) is 0 Å². The molecule has 136 valence electrons. The summed E-state index contributed by atoms with van der Waals surface area (Å²) in [6, 6.07) is 7.53. The fourth-order valence-electron chi connectivity index (χ4n) is 1.88. The van der Waals surface area contributed by atoms with Crippen LogP contribution in [0.1, 0.15) is 0 Å². The highest BCUT2D eigenvalue weighted by Crippen LogP contribution is 2.16. The molecule has 8 nitrogen and oxygen atoms in total. The van der Waals surface area contributed by atoms with Gasteiger partial charge in [-0.2, -0.15) is 0 Å². The molecule has 0 aliphatic carbocycles. The highest BCUT2D eigenvalue weighted by atomic mass is 16.5. The molecule has 1 aromatic carbocycles. The number of methoxy groups -OCH3 is 1. The second kappa shape index (κ2) is 11.7. The van der Waals surface area contributed by atoms with Gasteiger partial charge in [-0.05, 0) is 24.3 Å². The molecule has 1 saturated heterocycles. The van der Waals surface area contributed by atoms with E-state index < -0.39 is 11.9 Å². The smallest absolute Gasteiger partial charge is 0.414 e. The molecular weight excluding hydrogens is 328 g/mol. The van der Waals surface area contributed by atoms with E-state index in [1.807, 2.05) is 24.3 Å². The zero-order chi connectivity index (χ0) is 18.5. The molecule has 0 spiro atoms. The number of carboxylic acids is 2. The quantitative estimate of drug-likeness (QED) is 0.520. The van der Waals surface area contributed by atoms with Gasteiger partial charge in [-0.25, -0.2) is 9.59 Å². The van der Waals surface area contributed by atoms with Crippen LogP contribution in [0, 0.1) is 11.8 Å². The zero-order valence-corrected chi connectivity index (χ0v) is 14.0. The van der Waals surface area contributed by atoms with Crippen LogP contribution in [0.25, 0.3) is 0 Å². The van der Waals surface area contributed by atoms with Crippen molar-refractivity contribution in [3.05, 3.63) is 24.3 Å². The first kappa shape index (κ1) is 20.3. The van der Waals surface area contributed by atoms with Gasteiger partial charge < -0.3 is 25.0 Å². The number of carboxylic acid groups (broad SMARTS) is 2. The van der Waals surface area contributed by atoms with Gasteiger partial charge in [-0.1, -0.05) is 11.8 Å². The molecule has 1 aliphatic heterocycles. The minimum atomic E-state index is -1.82. The van der Waals surface area contributed by atoms with Gasteiger partial charge in [0.2, 0.25) is 0 Å². The number of hydrogen-bond acceptors (Lipinski definition) is 6. The first-order chi connectivity index (χ1) is 12.0. The molecule has 1 heterocycles. The molecule has 1 aliphatic rings. The predicted octanol–water partition coefficient (Wildman–Crippen LogP) is 0.138. The molecule has 0 aromatic heterocycles. The molecule has 1 aromatic rings. The lowest BCUT2D eigenvalue weighted by Crippen LogP contribution is -2.43. The molecule has 1 fully saturated rings. The standard InChI is InChI=1S/C15H20N2O2.C2H2O4/c1-18-14-4-6-15(7-5-14)19-13-3-2-10-17-11-8-16-9-12-17;3-1(4)2(5)6/h4-7,16H,8-13H2,1H3;(H,3,4)(H,5,6). The Morgan fingerprint density at radius 2 is 1.64 bits per heavy atom. The number of nitrogens with one attached hydrogen (secondary N) is 1. The van der Waals surface area contributed by atoms with Crippen LogP contribution < -0.4 is 14.8 Å². The van der Waals surface area contributed by atoms with E-state index >= 15 is 0 Å². The minimum Gasteiger partial charge on any atom is -0.497 e. The zero-order valence-electron chi connectivity index (χ0n) is 14.0. The van der Waals surface area contributed by atoms with E-state index in [0.29, 0.717) is 6.61 Å². The Bertz CT molecular complexity index is 588. The van der Waals surface area contributed by atoms with Gasteiger partial charge in [0.1, 0.15) is 18.1 Å².